The number of nitrogens with zero attached hydrogens (tertiary/aromatic N) is 1. The van der Waals surface area contributed by atoms with Crippen LogP contribution in [0, 0.1) is 5.92 Å². The maximum absolute atomic E-state index is 12.5. The molecule has 0 radical (unpaired) electrons. The molecular weight excluding hydrogens is 314 g/mol. The fourth-order valence-corrected chi connectivity index (χ4v) is 3.85. The number of carbonyl (C=O) groups excluding carboxylic acids is 1. The molecule has 2 heterocycles. The highest BCUT2D eigenvalue weighted by molar-refractivity contribution is 5.81. The van der Waals surface area contributed by atoms with Gasteiger partial charge in [0, 0.05) is 12.0 Å². The van der Waals surface area contributed by atoms with E-state index in [0.717, 1.165) is 13.2 Å². The SMILES string of the molecule is CCOC(=O)[C@H]1[C@@H](C2COC2)[N@@]1C(c1ccccc1)c1ccccc1. The zero-order chi connectivity index (χ0) is 17.2. The second-order valence-corrected chi connectivity index (χ2v) is 6.66. The third-order valence-corrected chi connectivity index (χ3v) is 5.10. The third-order valence-electron chi connectivity index (χ3n) is 5.10. The molecule has 25 heavy (non-hydrogen) atoms. The van der Waals surface area contributed by atoms with Crippen LogP contribution in [0.2, 0.25) is 0 Å². The molecule has 3 atom stereocenters. The van der Waals surface area contributed by atoms with Crippen LogP contribution in [0.15, 0.2) is 60.7 Å². The number of benzene rings is 2. The predicted molar refractivity (Wildman–Crippen MR) is 95.1 cm³/mol. The molecule has 2 aliphatic rings. The van der Waals surface area contributed by atoms with Crippen LogP contribution in [0.4, 0.5) is 0 Å². The summed E-state index contributed by atoms with van der Waals surface area (Å²) < 4.78 is 10.7. The lowest BCUT2D eigenvalue weighted by Crippen LogP contribution is -2.35. The topological polar surface area (TPSA) is 38.5 Å². The van der Waals surface area contributed by atoms with Crippen LogP contribution < -0.4 is 0 Å². The summed E-state index contributed by atoms with van der Waals surface area (Å²) in [5, 5.41) is 0. The van der Waals surface area contributed by atoms with Crippen molar-refractivity contribution in [3.63, 3.8) is 0 Å². The molecule has 2 fully saturated rings. The molecule has 0 unspecified atom stereocenters. The standard InChI is InChI=1S/C21H23NO3/c1-2-25-21(23)20-19(17-13-24-14-17)22(20)18(15-9-5-3-6-10-15)16-11-7-4-8-12-16/h3-12,17-20H,2,13-14H2,1H3/t19-,20-,22-/m1/s1. The van der Waals surface area contributed by atoms with Gasteiger partial charge in [-0.2, -0.15) is 0 Å². The highest BCUT2D eigenvalue weighted by Gasteiger charge is 2.61. The Morgan fingerprint density at radius 2 is 1.64 bits per heavy atom. The van der Waals surface area contributed by atoms with Gasteiger partial charge in [0.25, 0.3) is 0 Å². The van der Waals surface area contributed by atoms with Gasteiger partial charge in [0.2, 0.25) is 0 Å². The molecule has 2 aromatic rings. The van der Waals surface area contributed by atoms with Crippen molar-refractivity contribution in [1.29, 1.82) is 0 Å². The fourth-order valence-electron chi connectivity index (χ4n) is 3.85. The van der Waals surface area contributed by atoms with E-state index in [0.29, 0.717) is 12.5 Å². The molecule has 2 aliphatic heterocycles. The van der Waals surface area contributed by atoms with Gasteiger partial charge in [0.15, 0.2) is 0 Å². The van der Waals surface area contributed by atoms with E-state index in [1.165, 1.54) is 11.1 Å². The van der Waals surface area contributed by atoms with E-state index >= 15 is 0 Å². The summed E-state index contributed by atoms with van der Waals surface area (Å²) in [4.78, 5) is 14.8. The quantitative estimate of drug-likeness (QED) is 0.600. The third kappa shape index (κ3) is 3.08. The van der Waals surface area contributed by atoms with Gasteiger partial charge in [0.05, 0.1) is 25.9 Å². The zero-order valence-corrected chi connectivity index (χ0v) is 14.4. The second-order valence-electron chi connectivity index (χ2n) is 6.66. The average molecular weight is 337 g/mol. The molecule has 0 aliphatic carbocycles. The maximum atomic E-state index is 12.5. The van der Waals surface area contributed by atoms with Crippen LogP contribution in [0.5, 0.6) is 0 Å². The minimum Gasteiger partial charge on any atom is -0.465 e. The molecule has 0 spiro atoms. The van der Waals surface area contributed by atoms with E-state index in [9.17, 15) is 4.79 Å². The monoisotopic (exact) mass is 337 g/mol. The first-order chi connectivity index (χ1) is 12.3. The Kier molecular flexibility index (Phi) is 4.55. The van der Waals surface area contributed by atoms with E-state index in [1.807, 2.05) is 19.1 Å². The minimum atomic E-state index is -0.181. The van der Waals surface area contributed by atoms with Gasteiger partial charge in [-0.3, -0.25) is 9.69 Å². The Bertz CT molecular complexity index is 675. The largest absolute Gasteiger partial charge is 0.465 e. The first-order valence-corrected chi connectivity index (χ1v) is 8.93. The van der Waals surface area contributed by atoms with Crippen molar-refractivity contribution in [3.05, 3.63) is 71.8 Å². The van der Waals surface area contributed by atoms with Crippen LogP contribution in [0.1, 0.15) is 24.1 Å². The van der Waals surface area contributed by atoms with Crippen LogP contribution >= 0.6 is 0 Å². The summed E-state index contributed by atoms with van der Waals surface area (Å²) >= 11 is 0. The summed E-state index contributed by atoms with van der Waals surface area (Å²) in [7, 11) is 0. The summed E-state index contributed by atoms with van der Waals surface area (Å²) in [6.45, 7) is 3.73. The normalized spacial score (nSPS) is 25.4. The number of hydrogen-bond acceptors (Lipinski definition) is 4. The predicted octanol–water partition coefficient (Wildman–Crippen LogP) is 3.04. The molecule has 4 heteroatoms. The van der Waals surface area contributed by atoms with Crippen LogP contribution in [0.25, 0.3) is 0 Å². The van der Waals surface area contributed by atoms with Gasteiger partial charge in [-0.15, -0.1) is 0 Å². The smallest absolute Gasteiger partial charge is 0.325 e. The molecular formula is C21H23NO3. The van der Waals surface area contributed by atoms with E-state index in [2.05, 4.69) is 53.4 Å². The van der Waals surface area contributed by atoms with Crippen LogP contribution in [-0.2, 0) is 14.3 Å². The van der Waals surface area contributed by atoms with Crippen molar-refractivity contribution in [1.82, 2.24) is 4.90 Å². The molecule has 0 bridgehead atoms. The first-order valence-electron chi connectivity index (χ1n) is 8.93. The fraction of sp³-hybridized carbons (Fsp3) is 0.381. The lowest BCUT2D eigenvalue weighted by atomic mass is 9.97. The summed E-state index contributed by atoms with van der Waals surface area (Å²) in [5.74, 6) is 0.292. The van der Waals surface area contributed by atoms with Crippen LogP contribution in [-0.4, -0.2) is 42.8 Å². The molecule has 130 valence electrons. The number of rotatable bonds is 6. The lowest BCUT2D eigenvalue weighted by Gasteiger charge is -2.28. The Morgan fingerprint density at radius 3 is 2.08 bits per heavy atom. The Hall–Kier alpha value is -2.17. The van der Waals surface area contributed by atoms with Crippen molar-refractivity contribution in [2.75, 3.05) is 19.8 Å². The summed E-state index contributed by atoms with van der Waals surface area (Å²) in [6, 6.07) is 20.8. The van der Waals surface area contributed by atoms with E-state index in [1.54, 1.807) is 0 Å². The van der Waals surface area contributed by atoms with Crippen molar-refractivity contribution in [3.8, 4) is 0 Å². The first kappa shape index (κ1) is 16.3. The molecule has 2 saturated heterocycles. The van der Waals surface area contributed by atoms with Crippen molar-refractivity contribution < 1.29 is 14.3 Å². The number of hydrogen-bond donors (Lipinski definition) is 0. The molecule has 0 aromatic heterocycles. The van der Waals surface area contributed by atoms with E-state index in [4.69, 9.17) is 9.47 Å². The lowest BCUT2D eigenvalue weighted by molar-refractivity contribution is -0.143. The van der Waals surface area contributed by atoms with Crippen molar-refractivity contribution in [2.45, 2.75) is 25.0 Å². The highest BCUT2D eigenvalue weighted by Crippen LogP contribution is 2.47. The van der Waals surface area contributed by atoms with E-state index in [-0.39, 0.29) is 24.1 Å². The average Bonchev–Trinajstić information content (AvgIpc) is 3.30. The zero-order valence-electron chi connectivity index (χ0n) is 14.4. The summed E-state index contributed by atoms with van der Waals surface area (Å²) in [6.07, 6.45) is 0. The van der Waals surface area contributed by atoms with Crippen molar-refractivity contribution >= 4 is 5.97 Å². The van der Waals surface area contributed by atoms with Gasteiger partial charge in [-0.1, -0.05) is 60.7 Å². The number of esters is 1. The van der Waals surface area contributed by atoms with Gasteiger partial charge in [-0.25, -0.2) is 0 Å². The molecule has 4 nitrogen and oxygen atoms in total. The van der Waals surface area contributed by atoms with Crippen molar-refractivity contribution in [2.24, 2.45) is 5.92 Å². The highest BCUT2D eigenvalue weighted by atomic mass is 16.5. The Labute approximate surface area is 148 Å². The van der Waals surface area contributed by atoms with E-state index < -0.39 is 0 Å². The minimum absolute atomic E-state index is 0.0578. The summed E-state index contributed by atoms with van der Waals surface area (Å²) in [5.41, 5.74) is 2.40. The maximum Gasteiger partial charge on any atom is 0.325 e. The second kappa shape index (κ2) is 6.98. The number of carbonyl (C=O) groups is 1. The molecule has 0 saturated carbocycles. The molecule has 0 amide bonds. The number of ether oxygens (including phenoxy) is 2. The Morgan fingerprint density at radius 1 is 1.08 bits per heavy atom. The van der Waals surface area contributed by atoms with Gasteiger partial charge in [-0.05, 0) is 18.1 Å². The molecule has 2 aromatic carbocycles. The molecule has 4 rings (SSSR count). The van der Waals surface area contributed by atoms with Crippen LogP contribution in [0.3, 0.4) is 0 Å². The molecule has 0 N–H and O–H groups in total. The van der Waals surface area contributed by atoms with Gasteiger partial charge < -0.3 is 9.47 Å². The van der Waals surface area contributed by atoms with Gasteiger partial charge >= 0.3 is 5.97 Å². The Balaban J connectivity index is 1.69. The van der Waals surface area contributed by atoms with Gasteiger partial charge in [0.1, 0.15) is 6.04 Å².